The van der Waals surface area contributed by atoms with Gasteiger partial charge in [0.15, 0.2) is 11.5 Å². The Morgan fingerprint density at radius 2 is 1.83 bits per heavy atom. The Balaban J connectivity index is 1.86. The van der Waals surface area contributed by atoms with Crippen LogP contribution in [0.25, 0.3) is 16.9 Å². The van der Waals surface area contributed by atoms with Gasteiger partial charge >= 0.3 is 6.18 Å². The second-order valence-corrected chi connectivity index (χ2v) is 10.7. The zero-order valence-electron chi connectivity index (χ0n) is 22.9. The fraction of sp³-hybridized carbons (Fsp3) is 0.269. The molecule has 0 spiro atoms. The molecule has 4 aromatic rings. The Labute approximate surface area is 239 Å². The van der Waals surface area contributed by atoms with Gasteiger partial charge in [0.1, 0.15) is 11.3 Å². The van der Waals surface area contributed by atoms with Gasteiger partial charge < -0.3 is 14.8 Å². The number of nitrogens with one attached hydrogen (secondary N) is 2. The maximum Gasteiger partial charge on any atom is 0.435 e. The fourth-order valence-corrected chi connectivity index (χ4v) is 4.93. The van der Waals surface area contributed by atoms with Gasteiger partial charge in [-0.15, -0.1) is 0 Å². The molecule has 4 rings (SSSR count). The fourth-order valence-electron chi connectivity index (χ4n) is 3.90. The molecule has 1 aromatic carbocycles. The van der Waals surface area contributed by atoms with Crippen molar-refractivity contribution in [3.05, 3.63) is 65.7 Å². The number of sulfonamides is 1. The summed E-state index contributed by atoms with van der Waals surface area (Å²) >= 11 is 0. The first kappa shape index (κ1) is 30.2. The number of nitrogens with zero attached hydrogens (tertiary/aromatic N) is 5. The summed E-state index contributed by atoms with van der Waals surface area (Å²) in [5.74, 6) is -0.949. The molecule has 0 radical (unpaired) electrons. The summed E-state index contributed by atoms with van der Waals surface area (Å²) in [5, 5.41) is 6.70. The van der Waals surface area contributed by atoms with Crippen LogP contribution in [-0.4, -0.2) is 59.0 Å². The van der Waals surface area contributed by atoms with Crippen molar-refractivity contribution in [1.82, 2.24) is 29.5 Å². The maximum absolute atomic E-state index is 13.5. The molecule has 0 fully saturated rings. The smallest absolute Gasteiger partial charge is 0.435 e. The summed E-state index contributed by atoms with van der Waals surface area (Å²) in [5.41, 5.74) is -0.389. The van der Waals surface area contributed by atoms with Crippen molar-refractivity contribution in [2.75, 3.05) is 25.3 Å². The highest BCUT2D eigenvalue weighted by molar-refractivity contribution is 7.90. The minimum atomic E-state index is -4.72. The predicted octanol–water partition coefficient (Wildman–Crippen LogP) is 4.28. The third-order valence-corrected chi connectivity index (χ3v) is 7.24. The monoisotopic (exact) mass is 605 g/mol. The van der Waals surface area contributed by atoms with E-state index in [4.69, 9.17) is 9.47 Å². The molecule has 0 aliphatic heterocycles. The average molecular weight is 606 g/mol. The van der Waals surface area contributed by atoms with Crippen LogP contribution in [0.4, 0.5) is 24.8 Å². The number of halogens is 3. The quantitative estimate of drug-likeness (QED) is 0.268. The van der Waals surface area contributed by atoms with E-state index in [2.05, 4.69) is 25.4 Å². The Hall–Kier alpha value is -4.73. The van der Waals surface area contributed by atoms with Gasteiger partial charge in [-0.3, -0.25) is 4.79 Å². The molecule has 0 aliphatic rings. The van der Waals surface area contributed by atoms with E-state index in [0.29, 0.717) is 11.4 Å². The maximum atomic E-state index is 13.5. The van der Waals surface area contributed by atoms with E-state index in [-0.39, 0.29) is 52.2 Å². The number of hydrogen-bond donors (Lipinski definition) is 2. The molecule has 222 valence electrons. The molecule has 3 aromatic heterocycles. The molecule has 42 heavy (non-hydrogen) atoms. The number of alkyl halides is 3. The van der Waals surface area contributed by atoms with E-state index in [1.54, 1.807) is 31.2 Å². The van der Waals surface area contributed by atoms with Gasteiger partial charge in [0, 0.05) is 41.0 Å². The van der Waals surface area contributed by atoms with Crippen LogP contribution in [0.1, 0.15) is 35.1 Å². The number of pyridine rings is 1. The van der Waals surface area contributed by atoms with Crippen molar-refractivity contribution < 1.29 is 35.9 Å². The molecular formula is C26H26F3N7O5S. The highest BCUT2D eigenvalue weighted by atomic mass is 32.2. The van der Waals surface area contributed by atoms with Crippen LogP contribution < -0.4 is 19.5 Å². The first-order valence-corrected chi connectivity index (χ1v) is 14.0. The number of ether oxygens (including phenoxy) is 2. The predicted molar refractivity (Wildman–Crippen MR) is 146 cm³/mol. The van der Waals surface area contributed by atoms with E-state index in [1.165, 1.54) is 39.6 Å². The molecule has 12 nitrogen and oxygen atoms in total. The van der Waals surface area contributed by atoms with E-state index in [0.717, 1.165) is 10.7 Å². The van der Waals surface area contributed by atoms with Crippen LogP contribution >= 0.6 is 0 Å². The lowest BCUT2D eigenvalue weighted by Gasteiger charge is -2.15. The lowest BCUT2D eigenvalue weighted by atomic mass is 10.1. The number of methoxy groups -OCH3 is 2. The third kappa shape index (κ3) is 6.76. The molecule has 0 bridgehead atoms. The zero-order chi connectivity index (χ0) is 30.7. The second-order valence-electron chi connectivity index (χ2n) is 8.90. The molecule has 0 saturated heterocycles. The number of aryl methyl sites for hydroxylation is 1. The molecule has 1 amide bonds. The largest absolute Gasteiger partial charge is 0.497 e. The van der Waals surface area contributed by atoms with Crippen molar-refractivity contribution in [1.29, 1.82) is 0 Å². The second kappa shape index (κ2) is 12.0. The Kier molecular flexibility index (Phi) is 8.65. The van der Waals surface area contributed by atoms with Crippen molar-refractivity contribution in [3.63, 3.8) is 0 Å². The van der Waals surface area contributed by atoms with Gasteiger partial charge in [-0.2, -0.15) is 23.3 Å². The lowest BCUT2D eigenvalue weighted by Crippen LogP contribution is -2.32. The molecule has 3 heterocycles. The van der Waals surface area contributed by atoms with Gasteiger partial charge in [-0.1, -0.05) is 13.0 Å². The number of carbonyl (C=O) groups excluding carboxylic acids is 1. The Morgan fingerprint density at radius 1 is 1.07 bits per heavy atom. The molecule has 0 atom stereocenters. The zero-order valence-corrected chi connectivity index (χ0v) is 23.7. The molecule has 0 saturated carbocycles. The topological polar surface area (TPSA) is 150 Å². The van der Waals surface area contributed by atoms with Crippen LogP contribution in [0.3, 0.4) is 0 Å². The molecule has 2 N–H and O–H groups in total. The molecule has 16 heteroatoms. The van der Waals surface area contributed by atoms with Crippen LogP contribution in [0, 0.1) is 6.92 Å². The van der Waals surface area contributed by atoms with Gasteiger partial charge in [-0.25, -0.2) is 27.8 Å². The minimum Gasteiger partial charge on any atom is -0.497 e. The first-order valence-electron chi connectivity index (χ1n) is 12.4. The number of hydrogen-bond acceptors (Lipinski definition) is 10. The van der Waals surface area contributed by atoms with Gasteiger partial charge in [0.2, 0.25) is 21.9 Å². The first-order chi connectivity index (χ1) is 19.8. The molecule has 0 aliphatic carbocycles. The van der Waals surface area contributed by atoms with E-state index >= 15 is 0 Å². The van der Waals surface area contributed by atoms with Crippen molar-refractivity contribution in [2.45, 2.75) is 26.4 Å². The summed E-state index contributed by atoms with van der Waals surface area (Å²) in [6.45, 7) is 3.06. The lowest BCUT2D eigenvalue weighted by molar-refractivity contribution is -0.141. The number of anilines is 2. The summed E-state index contributed by atoms with van der Waals surface area (Å²) in [6.07, 6.45) is -1.84. The SMILES string of the molecule is CCCS(=O)(=O)NC(=O)c1cc(-c2cnc(Nc3cccc(OC)c3)nc2-n2nc(C(F)(F)F)cc2C)cnc1OC. The van der Waals surface area contributed by atoms with Crippen molar-refractivity contribution >= 4 is 27.6 Å². The summed E-state index contributed by atoms with van der Waals surface area (Å²) in [7, 11) is -1.19. The van der Waals surface area contributed by atoms with Crippen LogP contribution in [0.15, 0.2) is 48.8 Å². The van der Waals surface area contributed by atoms with Gasteiger partial charge in [-0.05, 0) is 37.6 Å². The summed E-state index contributed by atoms with van der Waals surface area (Å²) < 4.78 is 78.3. The highest BCUT2D eigenvalue weighted by Crippen LogP contribution is 2.33. The molecule has 0 unspecified atom stereocenters. The Morgan fingerprint density at radius 3 is 2.48 bits per heavy atom. The van der Waals surface area contributed by atoms with Crippen LogP contribution in [0.2, 0.25) is 0 Å². The van der Waals surface area contributed by atoms with E-state index < -0.39 is 27.8 Å². The third-order valence-electron chi connectivity index (χ3n) is 5.79. The number of carbonyl (C=O) groups is 1. The number of aromatic nitrogens is 5. The minimum absolute atomic E-state index is 0.0237. The van der Waals surface area contributed by atoms with Gasteiger partial charge in [0.05, 0.1) is 20.0 Å². The van der Waals surface area contributed by atoms with Gasteiger partial charge in [0.25, 0.3) is 5.91 Å². The number of benzene rings is 1. The number of amides is 1. The average Bonchev–Trinajstić information content (AvgIpc) is 3.34. The van der Waals surface area contributed by atoms with Crippen molar-refractivity contribution in [3.8, 4) is 28.6 Å². The van der Waals surface area contributed by atoms with Crippen LogP contribution in [0.5, 0.6) is 11.6 Å². The van der Waals surface area contributed by atoms with Crippen LogP contribution in [-0.2, 0) is 16.2 Å². The summed E-state index contributed by atoms with van der Waals surface area (Å²) in [6, 6.07) is 8.98. The van der Waals surface area contributed by atoms with E-state index in [9.17, 15) is 26.4 Å². The standard InChI is InChI=1S/C26H26F3N7O5S/c1-5-9-42(38,39)35-23(37)19-11-16(13-30-24(19)41-4)20-14-31-25(32-17-7-6-8-18(12-17)40-3)33-22(20)36-15(2)10-21(34-36)26(27,28)29/h6-8,10-14H,5,9H2,1-4H3,(H,35,37)(H,31,32,33). The summed E-state index contributed by atoms with van der Waals surface area (Å²) in [4.78, 5) is 25.8. The highest BCUT2D eigenvalue weighted by Gasteiger charge is 2.35. The molecular weight excluding hydrogens is 579 g/mol. The van der Waals surface area contributed by atoms with Crippen molar-refractivity contribution in [2.24, 2.45) is 0 Å². The van der Waals surface area contributed by atoms with E-state index in [1.807, 2.05) is 4.72 Å². The number of rotatable bonds is 10. The normalized spacial score (nSPS) is 11.7. The Bertz CT molecular complexity index is 1730.